The maximum absolute atomic E-state index is 11.5. The molecule has 4 rings (SSSR count). The van der Waals surface area contributed by atoms with Gasteiger partial charge in [0, 0.05) is 30.5 Å². The highest BCUT2D eigenvalue weighted by Gasteiger charge is 2.23. The van der Waals surface area contributed by atoms with Crippen LogP contribution in [0.1, 0.15) is 40.4 Å². The third-order valence-corrected chi connectivity index (χ3v) is 5.06. The largest absolute Gasteiger partial charge is 0.464 e. The lowest BCUT2D eigenvalue weighted by Gasteiger charge is -2.31. The molecule has 3 aromatic heterocycles. The fourth-order valence-electron chi connectivity index (χ4n) is 3.73. The highest BCUT2D eigenvalue weighted by molar-refractivity contribution is 5.87. The molecule has 1 aliphatic heterocycles. The van der Waals surface area contributed by atoms with Crippen LogP contribution in [0.4, 0.5) is 0 Å². The Kier molecular flexibility index (Phi) is 4.28. The Morgan fingerprint density at radius 2 is 2.16 bits per heavy atom. The van der Waals surface area contributed by atoms with Crippen LogP contribution in [0, 0.1) is 0 Å². The van der Waals surface area contributed by atoms with Crippen LogP contribution in [0.25, 0.3) is 11.0 Å². The maximum Gasteiger partial charge on any atom is 0.354 e. The molecule has 0 aromatic carbocycles. The summed E-state index contributed by atoms with van der Waals surface area (Å²) in [6.45, 7) is 2.96. The number of piperidine rings is 1. The van der Waals surface area contributed by atoms with Gasteiger partial charge in [-0.25, -0.2) is 9.78 Å². The van der Waals surface area contributed by atoms with Crippen molar-refractivity contribution in [1.82, 2.24) is 19.9 Å². The summed E-state index contributed by atoms with van der Waals surface area (Å²) in [5, 5.41) is 1.24. The average molecular weight is 338 g/mol. The third-order valence-electron chi connectivity index (χ3n) is 5.06. The van der Waals surface area contributed by atoms with Gasteiger partial charge in [-0.05, 0) is 61.2 Å². The second kappa shape index (κ2) is 6.72. The predicted molar refractivity (Wildman–Crippen MR) is 95.5 cm³/mol. The summed E-state index contributed by atoms with van der Waals surface area (Å²) in [6, 6.07) is 6.03. The van der Waals surface area contributed by atoms with Crippen LogP contribution in [0.5, 0.6) is 0 Å². The van der Waals surface area contributed by atoms with Crippen molar-refractivity contribution in [3.8, 4) is 0 Å². The molecule has 1 aliphatic rings. The van der Waals surface area contributed by atoms with Crippen LogP contribution in [0.3, 0.4) is 0 Å². The molecule has 0 bridgehead atoms. The van der Waals surface area contributed by atoms with Crippen molar-refractivity contribution in [2.24, 2.45) is 0 Å². The van der Waals surface area contributed by atoms with Crippen LogP contribution in [-0.4, -0.2) is 46.0 Å². The van der Waals surface area contributed by atoms with Gasteiger partial charge in [-0.15, -0.1) is 0 Å². The second-order valence-electron chi connectivity index (χ2n) is 6.61. The monoisotopic (exact) mass is 338 g/mol. The average Bonchev–Trinajstić information content (AvgIpc) is 3.29. The SMILES string of the molecule is COC(=O)c1cc(CN2CCC(c3c[nH]c4ncccc34)CC2)c[nH]1. The van der Waals surface area contributed by atoms with Crippen LogP contribution in [-0.2, 0) is 11.3 Å². The van der Waals surface area contributed by atoms with Crippen molar-refractivity contribution in [3.05, 3.63) is 53.6 Å². The van der Waals surface area contributed by atoms with E-state index < -0.39 is 0 Å². The lowest BCUT2D eigenvalue weighted by Crippen LogP contribution is -2.32. The van der Waals surface area contributed by atoms with Crippen LogP contribution < -0.4 is 0 Å². The minimum Gasteiger partial charge on any atom is -0.464 e. The first-order chi connectivity index (χ1) is 12.2. The van der Waals surface area contributed by atoms with E-state index in [2.05, 4.69) is 32.1 Å². The van der Waals surface area contributed by atoms with Gasteiger partial charge in [0.1, 0.15) is 11.3 Å². The summed E-state index contributed by atoms with van der Waals surface area (Å²) < 4.78 is 4.74. The normalized spacial score (nSPS) is 16.4. The summed E-state index contributed by atoms with van der Waals surface area (Å²) in [7, 11) is 1.40. The van der Waals surface area contributed by atoms with Gasteiger partial charge in [0.05, 0.1) is 7.11 Å². The molecular weight excluding hydrogens is 316 g/mol. The Bertz CT molecular complexity index is 874. The third kappa shape index (κ3) is 3.17. The minimum absolute atomic E-state index is 0.321. The molecule has 25 heavy (non-hydrogen) atoms. The van der Waals surface area contributed by atoms with Gasteiger partial charge in [0.15, 0.2) is 0 Å². The second-order valence-corrected chi connectivity index (χ2v) is 6.61. The lowest BCUT2D eigenvalue weighted by atomic mass is 9.89. The maximum atomic E-state index is 11.5. The molecule has 6 nitrogen and oxygen atoms in total. The summed E-state index contributed by atoms with van der Waals surface area (Å²) in [5.74, 6) is 0.254. The fourth-order valence-corrected chi connectivity index (χ4v) is 3.73. The Hall–Kier alpha value is -2.60. The smallest absolute Gasteiger partial charge is 0.354 e. The Balaban J connectivity index is 1.38. The topological polar surface area (TPSA) is 74.0 Å². The number of esters is 1. The molecule has 4 heterocycles. The number of pyridine rings is 1. The Morgan fingerprint density at radius 3 is 2.96 bits per heavy atom. The first-order valence-electron chi connectivity index (χ1n) is 8.64. The highest BCUT2D eigenvalue weighted by Crippen LogP contribution is 2.32. The number of ether oxygens (including phenoxy) is 1. The standard InChI is InChI=1S/C19H22N4O2/c1-25-19(24)17-9-13(10-21-17)12-23-7-4-14(5-8-23)16-11-22-18-15(16)3-2-6-20-18/h2-3,6,9-11,14,21H,4-5,7-8,12H2,1H3,(H,20,22). The van der Waals surface area contributed by atoms with E-state index in [1.54, 1.807) is 0 Å². The molecule has 1 fully saturated rings. The van der Waals surface area contributed by atoms with Gasteiger partial charge in [0.2, 0.25) is 0 Å². The number of hydrogen-bond acceptors (Lipinski definition) is 4. The van der Waals surface area contributed by atoms with Crippen molar-refractivity contribution in [3.63, 3.8) is 0 Å². The Labute approximate surface area is 146 Å². The van der Waals surface area contributed by atoms with E-state index in [1.807, 2.05) is 24.5 Å². The summed E-state index contributed by atoms with van der Waals surface area (Å²) >= 11 is 0. The number of nitrogens with zero attached hydrogens (tertiary/aromatic N) is 2. The number of H-pyrrole nitrogens is 2. The van der Waals surface area contributed by atoms with E-state index in [0.29, 0.717) is 11.6 Å². The summed E-state index contributed by atoms with van der Waals surface area (Å²) in [5.41, 5.74) is 3.99. The lowest BCUT2D eigenvalue weighted by molar-refractivity contribution is 0.0594. The number of hydrogen-bond donors (Lipinski definition) is 2. The molecule has 2 N–H and O–H groups in total. The number of carbonyl (C=O) groups is 1. The molecule has 0 saturated carbocycles. The summed E-state index contributed by atoms with van der Waals surface area (Å²) in [4.78, 5) is 24.6. The molecule has 6 heteroatoms. The van der Waals surface area contributed by atoms with Crippen molar-refractivity contribution < 1.29 is 9.53 Å². The van der Waals surface area contributed by atoms with E-state index >= 15 is 0 Å². The number of fused-ring (bicyclic) bond motifs is 1. The zero-order valence-corrected chi connectivity index (χ0v) is 14.3. The number of aromatic nitrogens is 3. The van der Waals surface area contributed by atoms with E-state index in [9.17, 15) is 4.79 Å². The number of carbonyl (C=O) groups excluding carboxylic acids is 1. The zero-order valence-electron chi connectivity index (χ0n) is 14.3. The Morgan fingerprint density at radius 1 is 1.32 bits per heavy atom. The van der Waals surface area contributed by atoms with Gasteiger partial charge in [-0.1, -0.05) is 0 Å². The van der Waals surface area contributed by atoms with Gasteiger partial charge in [-0.2, -0.15) is 0 Å². The minimum atomic E-state index is -0.321. The zero-order chi connectivity index (χ0) is 17.2. The molecule has 1 saturated heterocycles. The fraction of sp³-hybridized carbons (Fsp3) is 0.368. The number of rotatable bonds is 4. The van der Waals surface area contributed by atoms with Crippen LogP contribution in [0.15, 0.2) is 36.8 Å². The highest BCUT2D eigenvalue weighted by atomic mass is 16.5. The molecule has 0 unspecified atom stereocenters. The summed E-state index contributed by atoms with van der Waals surface area (Å²) in [6.07, 6.45) is 8.10. The van der Waals surface area contributed by atoms with Gasteiger partial charge in [-0.3, -0.25) is 4.90 Å². The molecule has 3 aromatic rings. The first-order valence-corrected chi connectivity index (χ1v) is 8.64. The molecule has 0 spiro atoms. The number of methoxy groups -OCH3 is 1. The van der Waals surface area contributed by atoms with Crippen molar-refractivity contribution in [1.29, 1.82) is 0 Å². The predicted octanol–water partition coefficient (Wildman–Crippen LogP) is 3.06. The molecule has 0 radical (unpaired) electrons. The van der Waals surface area contributed by atoms with Crippen molar-refractivity contribution >= 4 is 17.0 Å². The van der Waals surface area contributed by atoms with Gasteiger partial charge in [0.25, 0.3) is 0 Å². The van der Waals surface area contributed by atoms with E-state index in [1.165, 1.54) is 18.1 Å². The molecular formula is C19H22N4O2. The van der Waals surface area contributed by atoms with E-state index in [4.69, 9.17) is 4.74 Å². The van der Waals surface area contributed by atoms with E-state index in [-0.39, 0.29) is 5.97 Å². The van der Waals surface area contributed by atoms with Crippen molar-refractivity contribution in [2.75, 3.05) is 20.2 Å². The quantitative estimate of drug-likeness (QED) is 0.717. The molecule has 0 aliphatic carbocycles. The molecule has 0 atom stereocenters. The van der Waals surface area contributed by atoms with Gasteiger partial charge < -0.3 is 14.7 Å². The molecule has 130 valence electrons. The van der Waals surface area contributed by atoms with Crippen molar-refractivity contribution in [2.45, 2.75) is 25.3 Å². The van der Waals surface area contributed by atoms with Crippen LogP contribution in [0.2, 0.25) is 0 Å². The number of likely N-dealkylation sites (tertiary alicyclic amines) is 1. The van der Waals surface area contributed by atoms with Gasteiger partial charge >= 0.3 is 5.97 Å². The number of aromatic amines is 2. The van der Waals surface area contributed by atoms with Crippen LogP contribution >= 0.6 is 0 Å². The van der Waals surface area contributed by atoms with E-state index in [0.717, 1.165) is 43.7 Å². The molecule has 0 amide bonds. The first kappa shape index (κ1) is 15.9. The number of nitrogens with one attached hydrogen (secondary N) is 2.